The molecule has 4 rings (SSSR count). The molecule has 0 N–H and O–H groups in total. The highest BCUT2D eigenvalue weighted by atomic mass is 15.3. The molecule has 0 spiro atoms. The molecule has 0 amide bonds. The van der Waals surface area contributed by atoms with Crippen molar-refractivity contribution in [3.8, 4) is 22.6 Å². The maximum absolute atomic E-state index is 4.64. The van der Waals surface area contributed by atoms with Gasteiger partial charge in [0.25, 0.3) is 0 Å². The first-order valence-electron chi connectivity index (χ1n) is 7.24. The maximum Gasteiger partial charge on any atom is 0.0962 e. The van der Waals surface area contributed by atoms with Gasteiger partial charge in [0.1, 0.15) is 0 Å². The Labute approximate surface area is 133 Å². The van der Waals surface area contributed by atoms with E-state index in [4.69, 9.17) is 0 Å². The van der Waals surface area contributed by atoms with Gasteiger partial charge in [0, 0.05) is 36.5 Å². The van der Waals surface area contributed by atoms with E-state index in [0.29, 0.717) is 0 Å². The largest absolute Gasteiger partial charge is 0.265 e. The van der Waals surface area contributed by atoms with Crippen LogP contribution in [0.2, 0.25) is 0 Å². The second-order valence-electron chi connectivity index (χ2n) is 5.13. The first-order valence-corrected chi connectivity index (χ1v) is 7.24. The zero-order valence-electron chi connectivity index (χ0n) is 12.5. The molecule has 0 unspecified atom stereocenters. The number of pyridine rings is 2. The average molecular weight is 302 g/mol. The lowest BCUT2D eigenvalue weighted by atomic mass is 10.2. The maximum atomic E-state index is 4.64. The third-order valence-electron chi connectivity index (χ3n) is 3.60. The molecule has 0 aromatic carbocycles. The molecule has 0 saturated carbocycles. The summed E-state index contributed by atoms with van der Waals surface area (Å²) < 4.78 is 3.65. The van der Waals surface area contributed by atoms with Crippen LogP contribution in [-0.2, 0) is 0 Å². The quantitative estimate of drug-likeness (QED) is 0.584. The average Bonchev–Trinajstić information content (AvgIpc) is 3.23. The molecular weight excluding hydrogens is 288 g/mol. The van der Waals surface area contributed by atoms with Crippen molar-refractivity contribution in [3.05, 3.63) is 73.2 Å². The van der Waals surface area contributed by atoms with Crippen LogP contribution in [-0.4, -0.2) is 29.5 Å². The van der Waals surface area contributed by atoms with Crippen molar-refractivity contribution in [1.29, 1.82) is 0 Å². The fraction of sp³-hybridized carbons (Fsp3) is 0.0588. The van der Waals surface area contributed by atoms with Crippen molar-refractivity contribution in [3.63, 3.8) is 0 Å². The predicted molar refractivity (Wildman–Crippen MR) is 86.4 cm³/mol. The van der Waals surface area contributed by atoms with Crippen LogP contribution in [0.4, 0.5) is 0 Å². The van der Waals surface area contributed by atoms with E-state index in [2.05, 4.69) is 20.2 Å². The van der Waals surface area contributed by atoms with Gasteiger partial charge in [-0.15, -0.1) is 0 Å². The summed E-state index contributed by atoms with van der Waals surface area (Å²) in [6.45, 7) is 1.98. The Kier molecular flexibility index (Phi) is 3.20. The Balaban J connectivity index is 1.72. The van der Waals surface area contributed by atoms with Crippen LogP contribution in [0, 0.1) is 6.92 Å². The number of aryl methyl sites for hydroxylation is 1. The third kappa shape index (κ3) is 2.50. The van der Waals surface area contributed by atoms with E-state index in [0.717, 1.165) is 28.3 Å². The number of rotatable bonds is 3. The van der Waals surface area contributed by atoms with E-state index in [-0.39, 0.29) is 0 Å². The summed E-state index contributed by atoms with van der Waals surface area (Å²) in [5, 5.41) is 9.20. The Morgan fingerprint density at radius 2 is 1.70 bits per heavy atom. The minimum atomic E-state index is 0.884. The molecule has 4 aromatic heterocycles. The van der Waals surface area contributed by atoms with E-state index in [1.807, 2.05) is 59.0 Å². The van der Waals surface area contributed by atoms with Gasteiger partial charge in [-0.3, -0.25) is 9.97 Å². The van der Waals surface area contributed by atoms with Gasteiger partial charge in [0.05, 0.1) is 29.0 Å². The van der Waals surface area contributed by atoms with Crippen LogP contribution < -0.4 is 0 Å². The van der Waals surface area contributed by atoms with E-state index >= 15 is 0 Å². The van der Waals surface area contributed by atoms with Gasteiger partial charge in [-0.1, -0.05) is 0 Å². The molecule has 0 aliphatic rings. The molecular formula is C17H14N6. The second-order valence-corrected chi connectivity index (χ2v) is 5.13. The van der Waals surface area contributed by atoms with E-state index in [9.17, 15) is 0 Å². The fourth-order valence-electron chi connectivity index (χ4n) is 2.44. The summed E-state index contributed by atoms with van der Waals surface area (Å²) in [4.78, 5) is 8.16. The van der Waals surface area contributed by atoms with Crippen LogP contribution in [0.1, 0.15) is 5.69 Å². The third-order valence-corrected chi connectivity index (χ3v) is 3.60. The van der Waals surface area contributed by atoms with Crippen LogP contribution in [0.25, 0.3) is 22.6 Å². The van der Waals surface area contributed by atoms with Crippen molar-refractivity contribution >= 4 is 0 Å². The lowest BCUT2D eigenvalue weighted by Gasteiger charge is -1.99. The molecule has 0 atom stereocenters. The van der Waals surface area contributed by atoms with Gasteiger partial charge in [0.15, 0.2) is 0 Å². The molecule has 0 fully saturated rings. The molecule has 0 aliphatic carbocycles. The topological polar surface area (TPSA) is 61.4 Å². The van der Waals surface area contributed by atoms with Crippen molar-refractivity contribution in [2.24, 2.45) is 0 Å². The van der Waals surface area contributed by atoms with E-state index < -0.39 is 0 Å². The monoisotopic (exact) mass is 302 g/mol. The lowest BCUT2D eigenvalue weighted by molar-refractivity contribution is 0.857. The molecule has 0 saturated heterocycles. The predicted octanol–water partition coefficient (Wildman–Crippen LogP) is 2.82. The molecule has 23 heavy (non-hydrogen) atoms. The summed E-state index contributed by atoms with van der Waals surface area (Å²) in [5.41, 5.74) is 4.71. The first-order chi connectivity index (χ1) is 11.3. The van der Waals surface area contributed by atoms with Gasteiger partial charge in [0.2, 0.25) is 0 Å². The zero-order chi connectivity index (χ0) is 15.6. The second kappa shape index (κ2) is 5.49. The van der Waals surface area contributed by atoms with Gasteiger partial charge in [-0.05, 0) is 37.3 Å². The van der Waals surface area contributed by atoms with Crippen LogP contribution in [0.5, 0.6) is 0 Å². The van der Waals surface area contributed by atoms with Crippen LogP contribution >= 0.6 is 0 Å². The number of nitrogens with zero attached hydrogens (tertiary/aromatic N) is 6. The Morgan fingerprint density at radius 3 is 2.48 bits per heavy atom. The zero-order valence-corrected chi connectivity index (χ0v) is 12.5. The van der Waals surface area contributed by atoms with Gasteiger partial charge in [-0.2, -0.15) is 10.2 Å². The lowest BCUT2D eigenvalue weighted by Crippen LogP contribution is -1.94. The summed E-state index contributed by atoms with van der Waals surface area (Å²) in [5.74, 6) is 0. The Morgan fingerprint density at radius 1 is 0.826 bits per heavy atom. The van der Waals surface area contributed by atoms with Crippen LogP contribution in [0.15, 0.2) is 67.5 Å². The van der Waals surface area contributed by atoms with Crippen molar-refractivity contribution < 1.29 is 0 Å². The fourth-order valence-corrected chi connectivity index (χ4v) is 2.44. The SMILES string of the molecule is Cc1nn(-c2cccnc2)cc1-c1ccn(-c2ccncc2)n1. The molecule has 112 valence electrons. The van der Waals surface area contributed by atoms with Crippen LogP contribution in [0.3, 0.4) is 0 Å². The normalized spacial score (nSPS) is 10.8. The van der Waals surface area contributed by atoms with Crippen molar-refractivity contribution in [1.82, 2.24) is 29.5 Å². The van der Waals surface area contributed by atoms with E-state index in [1.54, 1.807) is 24.8 Å². The summed E-state index contributed by atoms with van der Waals surface area (Å²) in [6.07, 6.45) is 10.9. The smallest absolute Gasteiger partial charge is 0.0962 e. The van der Waals surface area contributed by atoms with Crippen molar-refractivity contribution in [2.75, 3.05) is 0 Å². The number of aromatic nitrogens is 6. The van der Waals surface area contributed by atoms with Gasteiger partial charge in [-0.25, -0.2) is 9.36 Å². The Bertz CT molecular complexity index is 924. The van der Waals surface area contributed by atoms with Crippen molar-refractivity contribution in [2.45, 2.75) is 6.92 Å². The van der Waals surface area contributed by atoms with Gasteiger partial charge >= 0.3 is 0 Å². The standard InChI is InChI=1S/C17H14N6/c1-13-16(12-23(20-13)15-3-2-7-19-11-15)17-6-10-22(21-17)14-4-8-18-9-5-14/h2-12H,1H3. The molecule has 4 heterocycles. The number of hydrogen-bond donors (Lipinski definition) is 0. The van der Waals surface area contributed by atoms with Gasteiger partial charge < -0.3 is 0 Å². The van der Waals surface area contributed by atoms with E-state index in [1.165, 1.54) is 0 Å². The number of hydrogen-bond acceptors (Lipinski definition) is 4. The minimum Gasteiger partial charge on any atom is -0.265 e. The molecule has 0 aliphatic heterocycles. The molecule has 6 nitrogen and oxygen atoms in total. The summed E-state index contributed by atoms with van der Waals surface area (Å²) >= 11 is 0. The minimum absolute atomic E-state index is 0.884. The molecule has 4 aromatic rings. The summed E-state index contributed by atoms with van der Waals surface area (Å²) in [7, 11) is 0. The highest BCUT2D eigenvalue weighted by molar-refractivity contribution is 5.61. The summed E-state index contributed by atoms with van der Waals surface area (Å²) in [6, 6.07) is 9.69. The first kappa shape index (κ1) is 13.4. The highest BCUT2D eigenvalue weighted by Gasteiger charge is 2.11. The Hall–Kier alpha value is -3.28. The molecule has 0 radical (unpaired) electrons. The molecule has 6 heteroatoms. The highest BCUT2D eigenvalue weighted by Crippen LogP contribution is 2.23. The molecule has 0 bridgehead atoms.